The number of morpholine rings is 1. The fraction of sp³-hybridized carbons (Fsp3) is 0.409. The molecule has 0 saturated carbocycles. The molecule has 170 valence electrons. The van der Waals surface area contributed by atoms with E-state index in [0.717, 1.165) is 11.6 Å². The molecule has 5 rings (SSSR count). The molecule has 6 nitrogen and oxygen atoms in total. The number of hydrogen-bond acceptors (Lipinski definition) is 5. The Kier molecular flexibility index (Phi) is 5.21. The summed E-state index contributed by atoms with van der Waals surface area (Å²) < 4.78 is 65.1. The number of nitrogens with zero attached hydrogens (tertiary/aromatic N) is 2. The van der Waals surface area contributed by atoms with Crippen molar-refractivity contribution in [3.8, 4) is 5.75 Å². The van der Waals surface area contributed by atoms with Crippen molar-refractivity contribution >= 4 is 16.7 Å². The minimum Gasteiger partial charge on any atom is -0.491 e. The summed E-state index contributed by atoms with van der Waals surface area (Å²) in [5.74, 6) is 0.0168. The molecule has 1 saturated heterocycles. The van der Waals surface area contributed by atoms with Crippen LogP contribution in [0.2, 0.25) is 0 Å². The summed E-state index contributed by atoms with van der Waals surface area (Å²) >= 11 is 0. The number of hydrogen-bond donors (Lipinski definition) is 2. The van der Waals surface area contributed by atoms with Crippen molar-refractivity contribution in [3.63, 3.8) is 0 Å². The van der Waals surface area contributed by atoms with Gasteiger partial charge in [0.25, 0.3) is 0 Å². The van der Waals surface area contributed by atoms with Crippen LogP contribution in [0.1, 0.15) is 24.2 Å². The first-order chi connectivity index (χ1) is 15.3. The molecule has 2 aliphatic heterocycles. The Labute approximate surface area is 181 Å². The normalized spacial score (nSPS) is 24.2. The zero-order chi connectivity index (χ0) is 22.5. The molecule has 3 atom stereocenters. The van der Waals surface area contributed by atoms with Crippen LogP contribution in [-0.2, 0) is 10.9 Å². The first-order valence-corrected chi connectivity index (χ1v) is 10.4. The molecule has 1 aromatic carbocycles. The van der Waals surface area contributed by atoms with Crippen molar-refractivity contribution in [2.45, 2.75) is 31.3 Å². The summed E-state index contributed by atoms with van der Waals surface area (Å²) in [6.45, 7) is 4.27. The number of benzene rings is 1. The van der Waals surface area contributed by atoms with Gasteiger partial charge >= 0.3 is 6.18 Å². The van der Waals surface area contributed by atoms with E-state index >= 15 is 0 Å². The van der Waals surface area contributed by atoms with Crippen molar-refractivity contribution < 1.29 is 27.0 Å². The van der Waals surface area contributed by atoms with Crippen LogP contribution in [0.4, 0.5) is 23.2 Å². The molecule has 0 aliphatic carbocycles. The van der Waals surface area contributed by atoms with Gasteiger partial charge in [-0.15, -0.1) is 0 Å². The first-order valence-electron chi connectivity index (χ1n) is 10.4. The number of anilines is 1. The van der Waals surface area contributed by atoms with E-state index in [4.69, 9.17) is 9.47 Å². The Hall–Kier alpha value is -2.85. The molecule has 0 unspecified atom stereocenters. The minimum absolute atomic E-state index is 0.0469. The van der Waals surface area contributed by atoms with E-state index < -0.39 is 17.7 Å². The lowest BCUT2D eigenvalue weighted by Gasteiger charge is -2.44. The number of fused-ring (bicyclic) bond motifs is 2. The van der Waals surface area contributed by atoms with E-state index in [9.17, 15) is 17.6 Å². The molecule has 2 N–H and O–H groups in total. The minimum atomic E-state index is -4.51. The second kappa shape index (κ2) is 7.93. The zero-order valence-corrected chi connectivity index (χ0v) is 17.2. The number of halogens is 4. The molecule has 0 spiro atoms. The molecule has 1 fully saturated rings. The number of aromatic nitrogens is 2. The maximum atomic E-state index is 13.8. The van der Waals surface area contributed by atoms with Crippen molar-refractivity contribution in [2.75, 3.05) is 31.6 Å². The lowest BCUT2D eigenvalue weighted by atomic mass is 9.93. The molecular formula is C22H22F4N4O2. The highest BCUT2D eigenvalue weighted by Gasteiger charge is 2.38. The van der Waals surface area contributed by atoms with Crippen LogP contribution in [0, 0.1) is 5.82 Å². The third-order valence-corrected chi connectivity index (χ3v) is 5.99. The van der Waals surface area contributed by atoms with E-state index in [0.29, 0.717) is 43.1 Å². The van der Waals surface area contributed by atoms with Crippen molar-refractivity contribution in [2.24, 2.45) is 0 Å². The molecular weight excluding hydrogens is 428 g/mol. The van der Waals surface area contributed by atoms with Gasteiger partial charge in [0.2, 0.25) is 0 Å². The Bertz CT molecular complexity index is 1130. The van der Waals surface area contributed by atoms with Crippen LogP contribution in [-0.4, -0.2) is 53.3 Å². The van der Waals surface area contributed by atoms with Crippen LogP contribution >= 0.6 is 0 Å². The van der Waals surface area contributed by atoms with Gasteiger partial charge in [-0.25, -0.2) is 9.37 Å². The molecule has 3 aromatic rings. The smallest absolute Gasteiger partial charge is 0.431 e. The predicted octanol–water partition coefficient (Wildman–Crippen LogP) is 4.36. The summed E-state index contributed by atoms with van der Waals surface area (Å²) in [5, 5.41) is 3.75. The van der Waals surface area contributed by atoms with Gasteiger partial charge < -0.3 is 19.8 Å². The Morgan fingerprint density at radius 2 is 2.06 bits per heavy atom. The average molecular weight is 450 g/mol. The van der Waals surface area contributed by atoms with Gasteiger partial charge in [-0.1, -0.05) is 6.07 Å². The monoisotopic (exact) mass is 450 g/mol. The summed E-state index contributed by atoms with van der Waals surface area (Å²) in [6, 6.07) is 6.61. The molecule has 2 aromatic heterocycles. The van der Waals surface area contributed by atoms with E-state index in [1.54, 1.807) is 12.1 Å². The van der Waals surface area contributed by atoms with Gasteiger partial charge in [0.15, 0.2) is 0 Å². The Balaban J connectivity index is 1.55. The standard InChI is InChI=1S/C22H22F4N4O2/c1-12-10-30(6-7-31-12)17-11-32-18-8-13(23)2-3-14(18)20(17)28-16-4-5-27-21-15(16)9-19(29-21)22(24,25)26/h2-5,8-9,12,17,20H,6-7,10-11H2,1H3,(H2,27,28,29)/t12-,17+,20+/m1/s1. The number of nitrogens with one attached hydrogen (secondary N) is 2. The number of ether oxygens (including phenoxy) is 2. The highest BCUT2D eigenvalue weighted by Crippen LogP contribution is 2.39. The Morgan fingerprint density at radius 1 is 1.22 bits per heavy atom. The quantitative estimate of drug-likeness (QED) is 0.581. The summed E-state index contributed by atoms with van der Waals surface area (Å²) in [7, 11) is 0. The first kappa shape index (κ1) is 21.0. The van der Waals surface area contributed by atoms with Crippen LogP contribution in [0.3, 0.4) is 0 Å². The fourth-order valence-corrected chi connectivity index (χ4v) is 4.48. The van der Waals surface area contributed by atoms with Crippen molar-refractivity contribution in [1.82, 2.24) is 14.9 Å². The highest BCUT2D eigenvalue weighted by molar-refractivity contribution is 5.90. The highest BCUT2D eigenvalue weighted by atomic mass is 19.4. The summed E-state index contributed by atoms with van der Waals surface area (Å²) in [4.78, 5) is 8.63. The third-order valence-electron chi connectivity index (χ3n) is 5.99. The predicted molar refractivity (Wildman–Crippen MR) is 110 cm³/mol. The lowest BCUT2D eigenvalue weighted by Crippen LogP contribution is -2.54. The van der Waals surface area contributed by atoms with E-state index in [1.165, 1.54) is 18.3 Å². The van der Waals surface area contributed by atoms with Gasteiger partial charge in [-0.2, -0.15) is 13.2 Å². The van der Waals surface area contributed by atoms with Gasteiger partial charge in [-0.3, -0.25) is 4.90 Å². The van der Waals surface area contributed by atoms with Crippen molar-refractivity contribution in [1.29, 1.82) is 0 Å². The Morgan fingerprint density at radius 3 is 2.84 bits per heavy atom. The number of pyridine rings is 1. The molecule has 0 radical (unpaired) electrons. The number of aromatic amines is 1. The lowest BCUT2D eigenvalue weighted by molar-refractivity contribution is -0.140. The van der Waals surface area contributed by atoms with Gasteiger partial charge in [0, 0.05) is 42.0 Å². The van der Waals surface area contributed by atoms with Crippen molar-refractivity contribution in [3.05, 3.63) is 53.6 Å². The van der Waals surface area contributed by atoms with Gasteiger partial charge in [-0.05, 0) is 25.1 Å². The average Bonchev–Trinajstić information content (AvgIpc) is 3.20. The summed E-state index contributed by atoms with van der Waals surface area (Å²) in [6.07, 6.45) is -3.00. The molecule has 10 heteroatoms. The second-order valence-corrected chi connectivity index (χ2v) is 8.16. The zero-order valence-electron chi connectivity index (χ0n) is 17.2. The fourth-order valence-electron chi connectivity index (χ4n) is 4.48. The van der Waals surface area contributed by atoms with E-state index in [2.05, 4.69) is 20.2 Å². The van der Waals surface area contributed by atoms with Gasteiger partial charge in [0.05, 0.1) is 24.8 Å². The third kappa shape index (κ3) is 3.88. The molecule has 0 amide bonds. The topological polar surface area (TPSA) is 62.4 Å². The van der Waals surface area contributed by atoms with E-state index in [-0.39, 0.29) is 23.8 Å². The van der Waals surface area contributed by atoms with Crippen LogP contribution in [0.25, 0.3) is 11.0 Å². The van der Waals surface area contributed by atoms with Crippen LogP contribution < -0.4 is 10.1 Å². The van der Waals surface area contributed by atoms with Crippen LogP contribution in [0.5, 0.6) is 5.75 Å². The molecule has 32 heavy (non-hydrogen) atoms. The largest absolute Gasteiger partial charge is 0.491 e. The van der Waals surface area contributed by atoms with Gasteiger partial charge in [0.1, 0.15) is 29.5 Å². The number of H-pyrrole nitrogens is 1. The molecule has 0 bridgehead atoms. The number of alkyl halides is 3. The summed E-state index contributed by atoms with van der Waals surface area (Å²) in [5.41, 5.74) is 0.543. The van der Waals surface area contributed by atoms with Crippen LogP contribution in [0.15, 0.2) is 36.5 Å². The van der Waals surface area contributed by atoms with E-state index in [1.807, 2.05) is 6.92 Å². The maximum absolute atomic E-state index is 13.8. The number of rotatable bonds is 3. The second-order valence-electron chi connectivity index (χ2n) is 8.16. The SMILES string of the molecule is C[C@@H]1CN([C@H]2COc3cc(F)ccc3[C@@H]2Nc2ccnc3[nH]c(C(F)(F)F)cc23)CCO1. The molecule has 4 heterocycles. The molecule has 2 aliphatic rings. The maximum Gasteiger partial charge on any atom is 0.431 e.